The molecule has 33 heavy (non-hydrogen) atoms. The zero-order chi connectivity index (χ0) is 23.4. The molecule has 0 amide bonds. The highest BCUT2D eigenvalue weighted by molar-refractivity contribution is 6.35. The minimum absolute atomic E-state index is 0.344. The first-order valence-electron chi connectivity index (χ1n) is 11.6. The molecule has 0 bridgehead atoms. The second-order valence-electron chi connectivity index (χ2n) is 8.05. The number of nitrogens with one attached hydrogen (secondary N) is 1. The molecule has 4 aromatic rings. The summed E-state index contributed by atoms with van der Waals surface area (Å²) in [6.07, 6.45) is 8.11. The Bertz CT molecular complexity index is 1240. The SMILES string of the molecule is C1CC1.CC.Cn1cc2cc(-c3cc(Cl)c4cc(N5CCNCC5)cnc4n3)cc(F)c2n1. The zero-order valence-electron chi connectivity index (χ0n) is 19.4. The van der Waals surface area contributed by atoms with E-state index in [0.29, 0.717) is 27.4 Å². The fourth-order valence-corrected chi connectivity index (χ4v) is 3.90. The Hall–Kier alpha value is -2.77. The number of rotatable bonds is 2. The quantitative estimate of drug-likeness (QED) is 0.416. The van der Waals surface area contributed by atoms with Gasteiger partial charge in [0.1, 0.15) is 5.52 Å². The van der Waals surface area contributed by atoms with Crippen molar-refractivity contribution in [1.29, 1.82) is 0 Å². The number of aromatic nitrogens is 4. The van der Waals surface area contributed by atoms with Crippen molar-refractivity contribution < 1.29 is 4.39 Å². The third-order valence-corrected chi connectivity index (χ3v) is 5.72. The molecule has 6 rings (SSSR count). The molecule has 1 saturated carbocycles. The standard InChI is InChI=1S/C20H18ClFN6.C3H6.C2H6/c1-27-11-13-6-12(7-17(22)19(13)26-27)18-9-16(21)15-8-14(10-24-20(15)25-18)28-4-2-23-3-5-28;1-2-3-1;1-2/h6-11,23H,2-5H2,1H3;1-3H2;1-2H3. The number of piperazine rings is 1. The molecule has 0 radical (unpaired) electrons. The van der Waals surface area contributed by atoms with Crippen molar-refractivity contribution in [1.82, 2.24) is 25.1 Å². The van der Waals surface area contributed by atoms with Crippen molar-refractivity contribution in [2.45, 2.75) is 33.1 Å². The first kappa shape index (κ1) is 23.4. The van der Waals surface area contributed by atoms with Crippen LogP contribution in [0.2, 0.25) is 5.02 Å². The monoisotopic (exact) mass is 468 g/mol. The van der Waals surface area contributed by atoms with E-state index in [4.69, 9.17) is 11.6 Å². The fraction of sp³-hybridized carbons (Fsp3) is 0.400. The van der Waals surface area contributed by atoms with Crippen molar-refractivity contribution >= 4 is 39.2 Å². The molecule has 174 valence electrons. The Kier molecular flexibility index (Phi) is 7.40. The summed E-state index contributed by atoms with van der Waals surface area (Å²) >= 11 is 6.56. The third kappa shape index (κ3) is 5.42. The maximum atomic E-state index is 14.5. The van der Waals surface area contributed by atoms with Gasteiger partial charge < -0.3 is 10.2 Å². The Labute approximate surface area is 198 Å². The lowest BCUT2D eigenvalue weighted by atomic mass is 10.1. The number of halogens is 2. The molecule has 2 aliphatic rings. The lowest BCUT2D eigenvalue weighted by molar-refractivity contribution is 0.589. The summed E-state index contributed by atoms with van der Waals surface area (Å²) in [5, 5.41) is 9.55. The van der Waals surface area contributed by atoms with Gasteiger partial charge in [-0.25, -0.2) is 14.4 Å². The Morgan fingerprint density at radius 3 is 2.45 bits per heavy atom. The van der Waals surface area contributed by atoms with Crippen LogP contribution in [0.1, 0.15) is 33.1 Å². The lowest BCUT2D eigenvalue weighted by Gasteiger charge is -2.29. The Balaban J connectivity index is 0.000000470. The molecule has 3 aromatic heterocycles. The number of fused-ring (bicyclic) bond motifs is 2. The van der Waals surface area contributed by atoms with Gasteiger partial charge in [0.2, 0.25) is 0 Å². The van der Waals surface area contributed by atoms with E-state index in [1.807, 2.05) is 32.2 Å². The minimum Gasteiger partial charge on any atom is -0.368 e. The van der Waals surface area contributed by atoms with E-state index in [1.54, 1.807) is 24.0 Å². The summed E-state index contributed by atoms with van der Waals surface area (Å²) in [6.45, 7) is 7.76. The van der Waals surface area contributed by atoms with Gasteiger partial charge in [-0.05, 0) is 24.3 Å². The lowest BCUT2D eigenvalue weighted by Crippen LogP contribution is -2.43. The molecule has 0 unspecified atom stereocenters. The average molecular weight is 469 g/mol. The zero-order valence-corrected chi connectivity index (χ0v) is 20.2. The van der Waals surface area contributed by atoms with E-state index in [2.05, 4.69) is 25.3 Å². The highest BCUT2D eigenvalue weighted by atomic mass is 35.5. The van der Waals surface area contributed by atoms with Gasteiger partial charge in [0, 0.05) is 55.8 Å². The molecule has 1 aliphatic heterocycles. The summed E-state index contributed by atoms with van der Waals surface area (Å²) in [4.78, 5) is 11.4. The van der Waals surface area contributed by atoms with Crippen molar-refractivity contribution in [3.05, 3.63) is 47.5 Å². The van der Waals surface area contributed by atoms with Crippen LogP contribution in [-0.2, 0) is 7.05 Å². The van der Waals surface area contributed by atoms with E-state index in [9.17, 15) is 4.39 Å². The van der Waals surface area contributed by atoms with Crippen LogP contribution in [0.25, 0.3) is 33.2 Å². The topological polar surface area (TPSA) is 58.9 Å². The van der Waals surface area contributed by atoms with Crippen LogP contribution in [0, 0.1) is 5.82 Å². The summed E-state index contributed by atoms with van der Waals surface area (Å²) in [6, 6.07) is 7.10. The largest absolute Gasteiger partial charge is 0.368 e. The molecule has 0 spiro atoms. The number of hydrogen-bond donors (Lipinski definition) is 1. The van der Waals surface area contributed by atoms with Gasteiger partial charge in [0.25, 0.3) is 0 Å². The Morgan fingerprint density at radius 2 is 1.76 bits per heavy atom. The summed E-state index contributed by atoms with van der Waals surface area (Å²) in [7, 11) is 1.77. The van der Waals surface area contributed by atoms with Crippen molar-refractivity contribution in [2.75, 3.05) is 31.1 Å². The minimum atomic E-state index is -0.381. The maximum Gasteiger partial charge on any atom is 0.161 e. The molecule has 1 saturated heterocycles. The average Bonchev–Trinajstić information content (AvgIpc) is 3.68. The van der Waals surface area contributed by atoms with E-state index < -0.39 is 0 Å². The van der Waals surface area contributed by atoms with Crippen LogP contribution in [0.5, 0.6) is 0 Å². The van der Waals surface area contributed by atoms with Gasteiger partial charge >= 0.3 is 0 Å². The number of aryl methyl sites for hydroxylation is 1. The van der Waals surface area contributed by atoms with E-state index in [0.717, 1.165) is 42.6 Å². The van der Waals surface area contributed by atoms with Gasteiger partial charge in [-0.2, -0.15) is 5.10 Å². The predicted molar refractivity (Wildman–Crippen MR) is 134 cm³/mol. The molecule has 0 atom stereocenters. The number of benzene rings is 1. The highest BCUT2D eigenvalue weighted by Gasteiger charge is 2.15. The molecule has 1 aliphatic carbocycles. The fourth-order valence-electron chi connectivity index (χ4n) is 3.66. The molecular weight excluding hydrogens is 439 g/mol. The molecule has 8 heteroatoms. The van der Waals surface area contributed by atoms with E-state index >= 15 is 0 Å². The summed E-state index contributed by atoms with van der Waals surface area (Å²) in [5.74, 6) is -0.381. The van der Waals surface area contributed by atoms with Crippen molar-refractivity contribution in [2.24, 2.45) is 7.05 Å². The summed E-state index contributed by atoms with van der Waals surface area (Å²) in [5.41, 5.74) is 3.16. The number of hydrogen-bond acceptors (Lipinski definition) is 5. The van der Waals surface area contributed by atoms with Gasteiger partial charge in [-0.15, -0.1) is 0 Å². The number of anilines is 1. The number of nitrogens with zero attached hydrogens (tertiary/aromatic N) is 5. The summed E-state index contributed by atoms with van der Waals surface area (Å²) < 4.78 is 16.1. The molecular formula is C25H30ClFN6. The highest BCUT2D eigenvalue weighted by Crippen LogP contribution is 2.31. The van der Waals surface area contributed by atoms with Gasteiger partial charge in [-0.3, -0.25) is 4.68 Å². The first-order valence-corrected chi connectivity index (χ1v) is 12.0. The van der Waals surface area contributed by atoms with E-state index in [-0.39, 0.29) is 5.82 Å². The molecule has 1 N–H and O–H groups in total. The van der Waals surface area contributed by atoms with Crippen molar-refractivity contribution in [3.8, 4) is 11.3 Å². The van der Waals surface area contributed by atoms with Crippen molar-refractivity contribution in [3.63, 3.8) is 0 Å². The second-order valence-corrected chi connectivity index (χ2v) is 8.46. The van der Waals surface area contributed by atoms with Crippen LogP contribution in [0.15, 0.2) is 36.7 Å². The van der Waals surface area contributed by atoms with Crippen LogP contribution in [-0.4, -0.2) is 45.9 Å². The van der Waals surface area contributed by atoms with Gasteiger partial charge in [0.15, 0.2) is 11.5 Å². The molecule has 1 aromatic carbocycles. The Morgan fingerprint density at radius 1 is 1.03 bits per heavy atom. The number of pyridine rings is 2. The predicted octanol–water partition coefficient (Wildman–Crippen LogP) is 5.58. The first-order chi connectivity index (χ1) is 16.1. The second kappa shape index (κ2) is 10.4. The molecule has 6 nitrogen and oxygen atoms in total. The van der Waals surface area contributed by atoms with Gasteiger partial charge in [-0.1, -0.05) is 44.7 Å². The smallest absolute Gasteiger partial charge is 0.161 e. The van der Waals surface area contributed by atoms with Crippen LogP contribution in [0.3, 0.4) is 0 Å². The van der Waals surface area contributed by atoms with Crippen LogP contribution >= 0.6 is 11.6 Å². The normalized spacial score (nSPS) is 15.0. The maximum absolute atomic E-state index is 14.5. The molecule has 4 heterocycles. The molecule has 2 fully saturated rings. The van der Waals surface area contributed by atoms with Crippen LogP contribution in [0.4, 0.5) is 10.1 Å². The van der Waals surface area contributed by atoms with Gasteiger partial charge in [0.05, 0.1) is 22.6 Å². The van der Waals surface area contributed by atoms with Crippen LogP contribution < -0.4 is 10.2 Å². The third-order valence-electron chi connectivity index (χ3n) is 5.41. The van der Waals surface area contributed by atoms with E-state index in [1.165, 1.54) is 25.3 Å².